The van der Waals surface area contributed by atoms with E-state index >= 15 is 0 Å². The Morgan fingerprint density at radius 2 is 2.25 bits per heavy atom. The van der Waals surface area contributed by atoms with Crippen LogP contribution in [-0.2, 0) is 0 Å². The van der Waals surface area contributed by atoms with Crippen LogP contribution in [0.3, 0.4) is 0 Å². The van der Waals surface area contributed by atoms with Crippen molar-refractivity contribution in [3.63, 3.8) is 0 Å². The Kier molecular flexibility index (Phi) is 1.69. The van der Waals surface area contributed by atoms with E-state index in [1.807, 2.05) is 11.8 Å². The molecule has 1 aromatic heterocycles. The van der Waals surface area contributed by atoms with Gasteiger partial charge in [-0.2, -0.15) is 0 Å². The molecule has 1 saturated heterocycles. The van der Waals surface area contributed by atoms with Crippen LogP contribution < -0.4 is 4.90 Å². The highest BCUT2D eigenvalue weighted by Crippen LogP contribution is 2.16. The van der Waals surface area contributed by atoms with Crippen molar-refractivity contribution < 1.29 is 5.11 Å². The number of hydrogen-bond acceptors (Lipinski definition) is 4. The molecule has 0 aliphatic carbocycles. The minimum Gasteiger partial charge on any atom is -0.389 e. The second-order valence-corrected chi connectivity index (χ2v) is 3.08. The molecule has 1 aliphatic heterocycles. The molecule has 0 aromatic carbocycles. The third kappa shape index (κ3) is 1.25. The van der Waals surface area contributed by atoms with Crippen molar-refractivity contribution in [2.45, 2.75) is 13.0 Å². The van der Waals surface area contributed by atoms with Crippen LogP contribution in [0.25, 0.3) is 0 Å². The van der Waals surface area contributed by atoms with Crippen LogP contribution in [0, 0.1) is 6.92 Å². The van der Waals surface area contributed by atoms with Gasteiger partial charge in [0.1, 0.15) is 5.82 Å². The van der Waals surface area contributed by atoms with E-state index in [0.29, 0.717) is 13.1 Å². The van der Waals surface area contributed by atoms with Crippen molar-refractivity contribution >= 4 is 5.82 Å². The van der Waals surface area contributed by atoms with Crippen LogP contribution in [0.1, 0.15) is 5.69 Å². The van der Waals surface area contributed by atoms with Gasteiger partial charge in [-0.1, -0.05) is 0 Å². The lowest BCUT2D eigenvalue weighted by atomic mass is 10.2. The summed E-state index contributed by atoms with van der Waals surface area (Å²) >= 11 is 0. The van der Waals surface area contributed by atoms with Crippen LogP contribution in [0.15, 0.2) is 12.4 Å². The maximum Gasteiger partial charge on any atom is 0.147 e. The smallest absolute Gasteiger partial charge is 0.147 e. The highest BCUT2D eigenvalue weighted by molar-refractivity contribution is 5.40. The summed E-state index contributed by atoms with van der Waals surface area (Å²) in [5, 5.41) is 9.06. The molecule has 0 saturated carbocycles. The Labute approximate surface area is 70.9 Å². The second kappa shape index (κ2) is 2.71. The summed E-state index contributed by atoms with van der Waals surface area (Å²) in [6.07, 6.45) is 3.26. The van der Waals surface area contributed by atoms with Gasteiger partial charge in [0.25, 0.3) is 0 Å². The lowest BCUT2D eigenvalue weighted by Gasteiger charge is -2.36. The summed E-state index contributed by atoms with van der Waals surface area (Å²) in [6, 6.07) is 0. The molecule has 0 spiro atoms. The van der Waals surface area contributed by atoms with Crippen LogP contribution >= 0.6 is 0 Å². The molecule has 4 nitrogen and oxygen atoms in total. The number of aryl methyl sites for hydroxylation is 1. The van der Waals surface area contributed by atoms with Gasteiger partial charge in [-0.3, -0.25) is 4.98 Å². The molecule has 0 unspecified atom stereocenters. The standard InChI is InChI=1S/C8H11N3O/c1-6-2-9-3-8(10-6)11-4-7(12)5-11/h2-3,7,12H,4-5H2,1H3. The lowest BCUT2D eigenvalue weighted by Crippen LogP contribution is -2.51. The SMILES string of the molecule is Cc1cncc(N2CC(O)C2)n1. The molecule has 4 heteroatoms. The zero-order chi connectivity index (χ0) is 8.55. The van der Waals surface area contributed by atoms with Gasteiger partial charge in [0.2, 0.25) is 0 Å². The number of hydrogen-bond donors (Lipinski definition) is 1. The monoisotopic (exact) mass is 165 g/mol. The molecule has 0 bridgehead atoms. The first kappa shape index (κ1) is 7.49. The molecule has 2 rings (SSSR count). The Morgan fingerprint density at radius 3 is 2.83 bits per heavy atom. The minimum atomic E-state index is -0.188. The fourth-order valence-corrected chi connectivity index (χ4v) is 1.24. The largest absolute Gasteiger partial charge is 0.389 e. The molecule has 1 aromatic rings. The van der Waals surface area contributed by atoms with Gasteiger partial charge >= 0.3 is 0 Å². The molecule has 0 radical (unpaired) electrons. The van der Waals surface area contributed by atoms with Gasteiger partial charge in [-0.05, 0) is 6.92 Å². The number of β-amino-alcohol motifs (C(OH)–C–C–N with tert-alkyl or cyclic N) is 1. The summed E-state index contributed by atoms with van der Waals surface area (Å²) in [5.41, 5.74) is 0.911. The van der Waals surface area contributed by atoms with E-state index in [1.165, 1.54) is 0 Å². The first-order valence-corrected chi connectivity index (χ1v) is 3.97. The zero-order valence-corrected chi connectivity index (χ0v) is 6.94. The van der Waals surface area contributed by atoms with E-state index in [1.54, 1.807) is 12.4 Å². The maximum absolute atomic E-state index is 9.06. The first-order chi connectivity index (χ1) is 5.75. The van der Waals surface area contributed by atoms with E-state index in [2.05, 4.69) is 9.97 Å². The van der Waals surface area contributed by atoms with Crippen LogP contribution in [0.5, 0.6) is 0 Å². The van der Waals surface area contributed by atoms with Gasteiger partial charge in [-0.15, -0.1) is 0 Å². The van der Waals surface area contributed by atoms with E-state index in [9.17, 15) is 0 Å². The van der Waals surface area contributed by atoms with Crippen molar-refractivity contribution in [2.24, 2.45) is 0 Å². The molecular formula is C8H11N3O. The Balaban J connectivity index is 2.13. The predicted octanol–water partition coefficient (Wildman–Crippen LogP) is -0.0341. The molecule has 1 fully saturated rings. The van der Waals surface area contributed by atoms with Gasteiger partial charge in [0.15, 0.2) is 0 Å². The van der Waals surface area contributed by atoms with Gasteiger partial charge in [-0.25, -0.2) is 4.98 Å². The van der Waals surface area contributed by atoms with Crippen molar-refractivity contribution in [1.29, 1.82) is 0 Å². The second-order valence-electron chi connectivity index (χ2n) is 3.08. The third-order valence-electron chi connectivity index (χ3n) is 1.93. The number of anilines is 1. The van der Waals surface area contributed by atoms with Crippen LogP contribution in [-0.4, -0.2) is 34.3 Å². The van der Waals surface area contributed by atoms with Crippen molar-refractivity contribution in [3.05, 3.63) is 18.1 Å². The minimum absolute atomic E-state index is 0.188. The molecule has 64 valence electrons. The van der Waals surface area contributed by atoms with E-state index < -0.39 is 0 Å². The van der Waals surface area contributed by atoms with Crippen molar-refractivity contribution in [3.8, 4) is 0 Å². The average molecular weight is 165 g/mol. The van der Waals surface area contributed by atoms with Gasteiger partial charge in [0.05, 0.1) is 18.0 Å². The molecule has 0 atom stereocenters. The molecule has 1 aliphatic rings. The summed E-state index contributed by atoms with van der Waals surface area (Å²) in [6.45, 7) is 3.27. The summed E-state index contributed by atoms with van der Waals surface area (Å²) in [4.78, 5) is 10.3. The molecule has 0 amide bonds. The fourth-order valence-electron chi connectivity index (χ4n) is 1.24. The fraction of sp³-hybridized carbons (Fsp3) is 0.500. The third-order valence-corrected chi connectivity index (χ3v) is 1.93. The summed E-state index contributed by atoms with van der Waals surface area (Å²) in [5.74, 6) is 0.861. The quantitative estimate of drug-likeness (QED) is 0.634. The molecule has 12 heavy (non-hydrogen) atoms. The summed E-state index contributed by atoms with van der Waals surface area (Å²) in [7, 11) is 0. The predicted molar refractivity (Wildman–Crippen MR) is 45.0 cm³/mol. The average Bonchev–Trinajstić information content (AvgIpc) is 1.99. The van der Waals surface area contributed by atoms with Gasteiger partial charge in [0, 0.05) is 19.3 Å². The number of nitrogens with zero attached hydrogens (tertiary/aromatic N) is 3. The lowest BCUT2D eigenvalue weighted by molar-refractivity contribution is 0.141. The van der Waals surface area contributed by atoms with E-state index in [4.69, 9.17) is 5.11 Å². The van der Waals surface area contributed by atoms with Crippen LogP contribution in [0.2, 0.25) is 0 Å². The van der Waals surface area contributed by atoms with Crippen molar-refractivity contribution in [1.82, 2.24) is 9.97 Å². The number of aromatic nitrogens is 2. The Bertz CT molecular complexity index is 283. The van der Waals surface area contributed by atoms with Gasteiger partial charge < -0.3 is 10.0 Å². The van der Waals surface area contributed by atoms with Crippen molar-refractivity contribution in [2.75, 3.05) is 18.0 Å². The maximum atomic E-state index is 9.06. The first-order valence-electron chi connectivity index (χ1n) is 3.97. The van der Waals surface area contributed by atoms with E-state index in [0.717, 1.165) is 11.5 Å². The summed E-state index contributed by atoms with van der Waals surface area (Å²) < 4.78 is 0. The molecule has 2 heterocycles. The Morgan fingerprint density at radius 1 is 1.50 bits per heavy atom. The highest BCUT2D eigenvalue weighted by Gasteiger charge is 2.25. The molecule has 1 N–H and O–H groups in total. The zero-order valence-electron chi connectivity index (χ0n) is 6.94. The number of rotatable bonds is 1. The molecular weight excluding hydrogens is 154 g/mol. The number of aliphatic hydroxyl groups is 1. The number of aliphatic hydroxyl groups excluding tert-OH is 1. The Hall–Kier alpha value is -1.16. The topological polar surface area (TPSA) is 49.2 Å². The van der Waals surface area contributed by atoms with E-state index in [-0.39, 0.29) is 6.10 Å². The normalized spacial score (nSPS) is 17.7. The van der Waals surface area contributed by atoms with Crippen LogP contribution in [0.4, 0.5) is 5.82 Å². The highest BCUT2D eigenvalue weighted by atomic mass is 16.3.